The standard InChI is InChI=1S/C8H19NO5S/c1-4-7-8-14-15(10,11)9(12-5-2)13-6-3/h4-8H2,1-3H3. The summed E-state index contributed by atoms with van der Waals surface area (Å²) in [5, 5.41) is 0. The van der Waals surface area contributed by atoms with Gasteiger partial charge in [0.05, 0.1) is 24.5 Å². The van der Waals surface area contributed by atoms with E-state index < -0.39 is 10.3 Å². The maximum Gasteiger partial charge on any atom is 0.385 e. The molecule has 0 fully saturated rings. The van der Waals surface area contributed by atoms with Crippen LogP contribution in [0.15, 0.2) is 0 Å². The van der Waals surface area contributed by atoms with E-state index >= 15 is 0 Å². The molecule has 0 aliphatic heterocycles. The Hall–Kier alpha value is -0.210. The van der Waals surface area contributed by atoms with Gasteiger partial charge in [-0.1, -0.05) is 13.3 Å². The highest BCUT2D eigenvalue weighted by atomic mass is 32.2. The minimum Gasteiger partial charge on any atom is -0.259 e. The highest BCUT2D eigenvalue weighted by Gasteiger charge is 2.24. The Balaban J connectivity index is 4.22. The summed E-state index contributed by atoms with van der Waals surface area (Å²) >= 11 is 0. The Morgan fingerprint density at radius 1 is 1.07 bits per heavy atom. The van der Waals surface area contributed by atoms with E-state index in [9.17, 15) is 8.42 Å². The van der Waals surface area contributed by atoms with E-state index in [4.69, 9.17) is 9.68 Å². The van der Waals surface area contributed by atoms with Gasteiger partial charge in [0.25, 0.3) is 0 Å². The maximum absolute atomic E-state index is 11.4. The van der Waals surface area contributed by atoms with Gasteiger partial charge in [-0.2, -0.15) is 8.42 Å². The SMILES string of the molecule is CCCCOS(=O)(=O)N(OCC)OCC. The van der Waals surface area contributed by atoms with Gasteiger partial charge in [0, 0.05) is 0 Å². The van der Waals surface area contributed by atoms with E-state index in [1.165, 1.54) is 0 Å². The molecule has 92 valence electrons. The van der Waals surface area contributed by atoms with Gasteiger partial charge in [0.1, 0.15) is 0 Å². The van der Waals surface area contributed by atoms with Crippen LogP contribution >= 0.6 is 0 Å². The summed E-state index contributed by atoms with van der Waals surface area (Å²) in [6.45, 7) is 5.78. The van der Waals surface area contributed by atoms with Crippen LogP contribution < -0.4 is 0 Å². The molecule has 0 amide bonds. The Morgan fingerprint density at radius 3 is 2.00 bits per heavy atom. The molecule has 0 radical (unpaired) electrons. The van der Waals surface area contributed by atoms with Crippen LogP contribution in [0, 0.1) is 0 Å². The van der Waals surface area contributed by atoms with Crippen LogP contribution in [-0.2, 0) is 24.2 Å². The third-order valence-corrected chi connectivity index (χ3v) is 2.42. The van der Waals surface area contributed by atoms with Crippen molar-refractivity contribution in [1.82, 2.24) is 4.63 Å². The number of hydrogen-bond acceptors (Lipinski definition) is 5. The van der Waals surface area contributed by atoms with Gasteiger partial charge in [0.2, 0.25) is 0 Å². The van der Waals surface area contributed by atoms with Crippen molar-refractivity contribution < 1.29 is 22.3 Å². The lowest BCUT2D eigenvalue weighted by atomic mass is 10.4. The predicted octanol–water partition coefficient (Wildman–Crippen LogP) is 1.25. The van der Waals surface area contributed by atoms with Gasteiger partial charge in [-0.15, -0.1) is 0 Å². The Labute approximate surface area is 91.3 Å². The second-order valence-corrected chi connectivity index (χ2v) is 4.05. The molecule has 0 N–H and O–H groups in total. The third-order valence-electron chi connectivity index (χ3n) is 1.38. The first-order valence-corrected chi connectivity index (χ1v) is 6.40. The van der Waals surface area contributed by atoms with Crippen LogP contribution in [0.3, 0.4) is 0 Å². The van der Waals surface area contributed by atoms with E-state index in [-0.39, 0.29) is 19.8 Å². The van der Waals surface area contributed by atoms with Gasteiger partial charge in [0.15, 0.2) is 0 Å². The van der Waals surface area contributed by atoms with Gasteiger partial charge in [-0.3, -0.25) is 13.9 Å². The summed E-state index contributed by atoms with van der Waals surface area (Å²) in [5.74, 6) is 0. The topological polar surface area (TPSA) is 65.1 Å². The fourth-order valence-corrected chi connectivity index (χ4v) is 1.61. The highest BCUT2D eigenvalue weighted by molar-refractivity contribution is 7.84. The first-order chi connectivity index (χ1) is 7.08. The number of hydrogen-bond donors (Lipinski definition) is 0. The maximum atomic E-state index is 11.4. The molecule has 0 aromatic carbocycles. The van der Waals surface area contributed by atoms with Crippen LogP contribution in [0.2, 0.25) is 0 Å². The number of rotatable bonds is 9. The van der Waals surface area contributed by atoms with Crippen LogP contribution in [-0.4, -0.2) is 32.9 Å². The lowest BCUT2D eigenvalue weighted by Gasteiger charge is -2.17. The van der Waals surface area contributed by atoms with Crippen LogP contribution in [0.4, 0.5) is 0 Å². The monoisotopic (exact) mass is 241 g/mol. The molecule has 0 heterocycles. The molecule has 0 aliphatic rings. The fraction of sp³-hybridized carbons (Fsp3) is 1.00. The van der Waals surface area contributed by atoms with Crippen molar-refractivity contribution in [3.8, 4) is 0 Å². The van der Waals surface area contributed by atoms with Crippen LogP contribution in [0.5, 0.6) is 0 Å². The molecule has 0 aromatic heterocycles. The van der Waals surface area contributed by atoms with Crippen molar-refractivity contribution >= 4 is 10.3 Å². The van der Waals surface area contributed by atoms with Gasteiger partial charge < -0.3 is 0 Å². The molecule has 0 saturated carbocycles. The Bertz CT molecular complexity index is 235. The third kappa shape index (κ3) is 6.06. The van der Waals surface area contributed by atoms with Gasteiger partial charge in [-0.25, -0.2) is 0 Å². The minimum absolute atomic E-state index is 0.134. The quantitative estimate of drug-likeness (QED) is 0.449. The van der Waals surface area contributed by atoms with E-state index in [2.05, 4.69) is 4.18 Å². The summed E-state index contributed by atoms with van der Waals surface area (Å²) in [6, 6.07) is 0. The summed E-state index contributed by atoms with van der Waals surface area (Å²) in [5.41, 5.74) is 0. The van der Waals surface area contributed by atoms with Crippen molar-refractivity contribution in [2.75, 3.05) is 19.8 Å². The van der Waals surface area contributed by atoms with Crippen LogP contribution in [0.1, 0.15) is 33.6 Å². The lowest BCUT2D eigenvalue weighted by molar-refractivity contribution is -0.301. The van der Waals surface area contributed by atoms with Crippen molar-refractivity contribution in [3.05, 3.63) is 0 Å². The average molecular weight is 241 g/mol. The number of nitrogens with zero attached hydrogens (tertiary/aromatic N) is 1. The van der Waals surface area contributed by atoms with Crippen molar-refractivity contribution in [3.63, 3.8) is 0 Å². The lowest BCUT2D eigenvalue weighted by Crippen LogP contribution is -2.33. The molecule has 7 heteroatoms. The fourth-order valence-electron chi connectivity index (χ4n) is 0.729. The number of unbranched alkanes of at least 4 members (excludes halogenated alkanes) is 1. The van der Waals surface area contributed by atoms with E-state index in [1.807, 2.05) is 6.92 Å². The van der Waals surface area contributed by atoms with Crippen LogP contribution in [0.25, 0.3) is 0 Å². The Morgan fingerprint density at radius 2 is 1.60 bits per heavy atom. The molecule has 0 rings (SSSR count). The van der Waals surface area contributed by atoms with E-state index in [1.54, 1.807) is 13.8 Å². The molecular weight excluding hydrogens is 222 g/mol. The largest absolute Gasteiger partial charge is 0.385 e. The van der Waals surface area contributed by atoms with Gasteiger partial charge in [-0.05, 0) is 20.3 Å². The summed E-state index contributed by atoms with van der Waals surface area (Å²) < 4.78 is 28.0. The summed E-state index contributed by atoms with van der Waals surface area (Å²) in [7, 11) is -3.93. The smallest absolute Gasteiger partial charge is 0.259 e. The molecule has 0 spiro atoms. The molecule has 0 bridgehead atoms. The van der Waals surface area contributed by atoms with E-state index in [0.717, 1.165) is 6.42 Å². The summed E-state index contributed by atoms with van der Waals surface area (Å²) in [4.78, 5) is 9.55. The molecular formula is C8H19NO5S. The second kappa shape index (κ2) is 8.00. The first kappa shape index (κ1) is 14.8. The minimum atomic E-state index is -3.93. The van der Waals surface area contributed by atoms with Crippen molar-refractivity contribution in [1.29, 1.82) is 0 Å². The highest BCUT2D eigenvalue weighted by Crippen LogP contribution is 2.06. The zero-order chi connectivity index (χ0) is 11.7. The van der Waals surface area contributed by atoms with E-state index in [0.29, 0.717) is 11.1 Å². The average Bonchev–Trinajstić information content (AvgIpc) is 2.18. The van der Waals surface area contributed by atoms with Crippen molar-refractivity contribution in [2.45, 2.75) is 33.6 Å². The zero-order valence-electron chi connectivity index (χ0n) is 9.43. The molecule has 0 unspecified atom stereocenters. The molecule has 0 atom stereocenters. The van der Waals surface area contributed by atoms with Gasteiger partial charge >= 0.3 is 10.3 Å². The second-order valence-electron chi connectivity index (χ2n) is 2.66. The van der Waals surface area contributed by atoms with Crippen molar-refractivity contribution in [2.24, 2.45) is 0 Å². The first-order valence-electron chi connectivity index (χ1n) is 5.04. The molecule has 6 nitrogen and oxygen atoms in total. The molecule has 0 aliphatic carbocycles. The molecule has 0 aromatic rings. The zero-order valence-corrected chi connectivity index (χ0v) is 10.2. The Kier molecular flexibility index (Phi) is 7.89. The molecule has 15 heavy (non-hydrogen) atoms. The predicted molar refractivity (Wildman–Crippen MR) is 54.9 cm³/mol. The normalized spacial score (nSPS) is 12.3. The molecule has 0 saturated heterocycles. The summed E-state index contributed by atoms with van der Waals surface area (Å²) in [6.07, 6.45) is 1.53.